The van der Waals surface area contributed by atoms with Crippen LogP contribution in [-0.4, -0.2) is 12.1 Å². The molecule has 1 aromatic carbocycles. The zero-order chi connectivity index (χ0) is 12.1. The zero-order valence-electron chi connectivity index (χ0n) is 9.59. The highest BCUT2D eigenvalue weighted by molar-refractivity contribution is 7.99. The fraction of sp³-hybridized carbons (Fsp3) is 0.154. The van der Waals surface area contributed by atoms with E-state index in [1.165, 1.54) is 0 Å². The van der Waals surface area contributed by atoms with Crippen molar-refractivity contribution in [3.05, 3.63) is 48.2 Å². The van der Waals surface area contributed by atoms with Crippen LogP contribution in [0.15, 0.2) is 52.5 Å². The highest BCUT2D eigenvalue weighted by Crippen LogP contribution is 2.28. The van der Waals surface area contributed by atoms with Gasteiger partial charge in [-0.25, -0.2) is 4.98 Å². The number of hydrogen-bond donors (Lipinski definition) is 1. The Morgan fingerprint density at radius 2 is 2.18 bits per heavy atom. The average Bonchev–Trinajstić information content (AvgIpc) is 2.40. The number of rotatable bonds is 4. The van der Waals surface area contributed by atoms with Gasteiger partial charge in [0.2, 0.25) is 0 Å². The summed E-state index contributed by atoms with van der Waals surface area (Å²) in [6.45, 7) is 0.525. The second-order valence-electron chi connectivity index (χ2n) is 3.49. The van der Waals surface area contributed by atoms with Crippen LogP contribution >= 0.6 is 11.8 Å². The molecule has 0 atom stereocenters. The van der Waals surface area contributed by atoms with Crippen LogP contribution in [0.5, 0.6) is 5.75 Å². The van der Waals surface area contributed by atoms with E-state index in [1.54, 1.807) is 18.9 Å². The molecule has 0 aliphatic rings. The first-order valence-electron chi connectivity index (χ1n) is 5.28. The third kappa shape index (κ3) is 3.22. The molecule has 0 bridgehead atoms. The Morgan fingerprint density at radius 3 is 2.82 bits per heavy atom. The van der Waals surface area contributed by atoms with E-state index in [-0.39, 0.29) is 0 Å². The van der Waals surface area contributed by atoms with Gasteiger partial charge in [0.15, 0.2) is 0 Å². The number of ether oxygens (including phenoxy) is 1. The molecule has 3 nitrogen and oxygen atoms in total. The number of nitrogens with two attached hydrogens (primary N) is 1. The van der Waals surface area contributed by atoms with Gasteiger partial charge >= 0.3 is 0 Å². The van der Waals surface area contributed by atoms with E-state index in [4.69, 9.17) is 10.5 Å². The summed E-state index contributed by atoms with van der Waals surface area (Å²) >= 11 is 1.60. The lowest BCUT2D eigenvalue weighted by molar-refractivity contribution is 0.413. The van der Waals surface area contributed by atoms with Crippen LogP contribution in [0.4, 0.5) is 0 Å². The van der Waals surface area contributed by atoms with E-state index in [0.29, 0.717) is 6.54 Å². The summed E-state index contributed by atoms with van der Waals surface area (Å²) in [6.07, 6.45) is 1.81. The van der Waals surface area contributed by atoms with E-state index in [2.05, 4.69) is 4.98 Å². The van der Waals surface area contributed by atoms with Crippen LogP contribution in [-0.2, 0) is 6.54 Å². The van der Waals surface area contributed by atoms with Crippen molar-refractivity contribution in [2.24, 2.45) is 5.73 Å². The molecule has 1 aromatic heterocycles. The standard InChI is InChI=1S/C13H14N2OS/c1-16-11-3-2-4-12(7-11)17-13-6-5-10(8-14)9-15-13/h2-7,9H,8,14H2,1H3. The van der Waals surface area contributed by atoms with E-state index in [9.17, 15) is 0 Å². The van der Waals surface area contributed by atoms with Crippen molar-refractivity contribution in [2.75, 3.05) is 7.11 Å². The van der Waals surface area contributed by atoms with Gasteiger partial charge in [0.05, 0.1) is 7.11 Å². The predicted molar refractivity (Wildman–Crippen MR) is 69.2 cm³/mol. The molecule has 0 aliphatic carbocycles. The Balaban J connectivity index is 2.13. The van der Waals surface area contributed by atoms with E-state index in [0.717, 1.165) is 21.2 Å². The smallest absolute Gasteiger partial charge is 0.119 e. The maximum Gasteiger partial charge on any atom is 0.119 e. The quantitative estimate of drug-likeness (QED) is 0.901. The Labute approximate surface area is 105 Å². The summed E-state index contributed by atoms with van der Waals surface area (Å²) in [7, 11) is 1.66. The molecule has 0 spiro atoms. The topological polar surface area (TPSA) is 48.1 Å². The van der Waals surface area contributed by atoms with Gasteiger partial charge in [-0.15, -0.1) is 0 Å². The van der Waals surface area contributed by atoms with Gasteiger partial charge in [-0.05, 0) is 29.8 Å². The molecule has 17 heavy (non-hydrogen) atoms. The van der Waals surface area contributed by atoms with E-state index in [1.807, 2.05) is 42.6 Å². The minimum Gasteiger partial charge on any atom is -0.497 e. The molecule has 0 fully saturated rings. The molecular weight excluding hydrogens is 232 g/mol. The summed E-state index contributed by atoms with van der Waals surface area (Å²) in [4.78, 5) is 5.45. The molecule has 0 unspecified atom stereocenters. The van der Waals surface area contributed by atoms with Crippen LogP contribution in [0.2, 0.25) is 0 Å². The van der Waals surface area contributed by atoms with Crippen LogP contribution < -0.4 is 10.5 Å². The maximum absolute atomic E-state index is 5.53. The Bertz CT molecular complexity index is 485. The first-order chi connectivity index (χ1) is 8.31. The van der Waals surface area contributed by atoms with E-state index >= 15 is 0 Å². The fourth-order valence-electron chi connectivity index (χ4n) is 1.38. The van der Waals surface area contributed by atoms with Gasteiger partial charge in [-0.3, -0.25) is 0 Å². The third-order valence-corrected chi connectivity index (χ3v) is 3.24. The molecule has 4 heteroatoms. The molecule has 88 valence electrons. The van der Waals surface area contributed by atoms with Gasteiger partial charge in [0, 0.05) is 17.6 Å². The van der Waals surface area contributed by atoms with Crippen LogP contribution in [0.25, 0.3) is 0 Å². The molecule has 0 saturated carbocycles. The number of benzene rings is 1. The molecular formula is C13H14N2OS. The SMILES string of the molecule is COc1cccc(Sc2ccc(CN)cn2)c1. The average molecular weight is 246 g/mol. The molecule has 0 amide bonds. The molecule has 2 aromatic rings. The van der Waals surface area contributed by atoms with Crippen LogP contribution in [0.1, 0.15) is 5.56 Å². The number of nitrogens with zero attached hydrogens (tertiary/aromatic N) is 1. The maximum atomic E-state index is 5.53. The van der Waals surface area contributed by atoms with E-state index < -0.39 is 0 Å². The minimum atomic E-state index is 0.525. The Hall–Kier alpha value is -1.52. The molecule has 2 N–H and O–H groups in total. The largest absolute Gasteiger partial charge is 0.497 e. The number of methoxy groups -OCH3 is 1. The third-order valence-electron chi connectivity index (χ3n) is 2.30. The van der Waals surface area contributed by atoms with Gasteiger partial charge in [-0.1, -0.05) is 23.9 Å². The van der Waals surface area contributed by atoms with Crippen LogP contribution in [0, 0.1) is 0 Å². The van der Waals surface area contributed by atoms with Crippen molar-refractivity contribution in [3.63, 3.8) is 0 Å². The lowest BCUT2D eigenvalue weighted by Crippen LogP contribution is -1.96. The van der Waals surface area contributed by atoms with Gasteiger partial charge in [-0.2, -0.15) is 0 Å². The summed E-state index contributed by atoms with van der Waals surface area (Å²) in [5.41, 5.74) is 6.57. The second kappa shape index (κ2) is 5.70. The molecule has 1 heterocycles. The van der Waals surface area contributed by atoms with Crippen molar-refractivity contribution in [2.45, 2.75) is 16.5 Å². The highest BCUT2D eigenvalue weighted by atomic mass is 32.2. The Morgan fingerprint density at radius 1 is 1.29 bits per heavy atom. The fourth-order valence-corrected chi connectivity index (χ4v) is 2.18. The molecule has 2 rings (SSSR count). The monoisotopic (exact) mass is 246 g/mol. The highest BCUT2D eigenvalue weighted by Gasteiger charge is 2.00. The van der Waals surface area contributed by atoms with Gasteiger partial charge in [0.1, 0.15) is 10.8 Å². The van der Waals surface area contributed by atoms with Gasteiger partial charge in [0.25, 0.3) is 0 Å². The van der Waals surface area contributed by atoms with Crippen molar-refractivity contribution < 1.29 is 4.74 Å². The van der Waals surface area contributed by atoms with Crippen molar-refractivity contribution in [3.8, 4) is 5.75 Å². The normalized spacial score (nSPS) is 10.2. The molecule has 0 radical (unpaired) electrons. The number of hydrogen-bond acceptors (Lipinski definition) is 4. The van der Waals surface area contributed by atoms with Crippen LogP contribution in [0.3, 0.4) is 0 Å². The summed E-state index contributed by atoms with van der Waals surface area (Å²) in [5.74, 6) is 0.855. The van der Waals surface area contributed by atoms with Crippen molar-refractivity contribution >= 4 is 11.8 Å². The predicted octanol–water partition coefficient (Wildman–Crippen LogP) is 2.70. The number of pyridine rings is 1. The number of aromatic nitrogens is 1. The molecule has 0 aliphatic heterocycles. The summed E-state index contributed by atoms with van der Waals surface area (Å²) < 4.78 is 5.18. The van der Waals surface area contributed by atoms with Crippen molar-refractivity contribution in [1.82, 2.24) is 4.98 Å². The second-order valence-corrected chi connectivity index (χ2v) is 4.58. The lowest BCUT2D eigenvalue weighted by Gasteiger charge is -2.04. The first kappa shape index (κ1) is 12.0. The minimum absolute atomic E-state index is 0.525. The van der Waals surface area contributed by atoms with Crippen molar-refractivity contribution in [1.29, 1.82) is 0 Å². The summed E-state index contributed by atoms with van der Waals surface area (Å²) in [5, 5.41) is 0.954. The summed E-state index contributed by atoms with van der Waals surface area (Å²) in [6, 6.07) is 11.9. The zero-order valence-corrected chi connectivity index (χ0v) is 10.4. The Kier molecular flexibility index (Phi) is 4.01. The molecule has 0 saturated heterocycles. The first-order valence-corrected chi connectivity index (χ1v) is 6.10. The van der Waals surface area contributed by atoms with Gasteiger partial charge < -0.3 is 10.5 Å². The lowest BCUT2D eigenvalue weighted by atomic mass is 10.3.